The fourth-order valence-corrected chi connectivity index (χ4v) is 1.91. The second-order valence-corrected chi connectivity index (χ2v) is 4.12. The van der Waals surface area contributed by atoms with Gasteiger partial charge in [-0.05, 0) is 0 Å². The summed E-state index contributed by atoms with van der Waals surface area (Å²) >= 11 is 0. The Morgan fingerprint density at radius 3 is 2.56 bits per heavy atom. The Bertz CT molecular complexity index is 529. The van der Waals surface area contributed by atoms with Gasteiger partial charge in [-0.25, -0.2) is 0 Å². The quantitative estimate of drug-likeness (QED) is 0.524. The molecule has 0 N–H and O–H groups in total. The van der Waals surface area contributed by atoms with E-state index in [4.69, 9.17) is 6.42 Å². The van der Waals surface area contributed by atoms with Gasteiger partial charge in [0.1, 0.15) is 0 Å². The molecule has 0 aliphatic heterocycles. The molecule has 0 aromatic heterocycles. The Morgan fingerprint density at radius 2 is 1.81 bits per heavy atom. The van der Waals surface area contributed by atoms with Crippen molar-refractivity contribution in [3.05, 3.63) is 53.9 Å². The van der Waals surface area contributed by atoms with Gasteiger partial charge < -0.3 is 0 Å². The van der Waals surface area contributed by atoms with E-state index in [0.29, 0.717) is 0 Å². The normalized spacial score (nSPS) is 10.4. The van der Waals surface area contributed by atoms with E-state index in [1.54, 1.807) is 0 Å². The van der Waals surface area contributed by atoms with E-state index in [-0.39, 0.29) is 0 Å². The van der Waals surface area contributed by atoms with Crippen LogP contribution in [0.5, 0.6) is 0 Å². The van der Waals surface area contributed by atoms with Gasteiger partial charge in [-0.2, -0.15) is 0 Å². The van der Waals surface area contributed by atoms with Crippen molar-refractivity contribution in [2.45, 2.75) is 26.2 Å². The minimum atomic E-state index is 0.841. The number of rotatable bonds is 3. The van der Waals surface area contributed by atoms with Crippen molar-refractivity contribution in [2.75, 3.05) is 0 Å². The van der Waals surface area contributed by atoms with Gasteiger partial charge in [0.15, 0.2) is 0 Å². The first kappa shape index (κ1) is 11.0. The second kappa shape index (κ2) is 5.01. The van der Waals surface area contributed by atoms with Crippen molar-refractivity contribution >= 4 is 10.8 Å². The summed E-state index contributed by atoms with van der Waals surface area (Å²) in [6.45, 7) is 2.22. The Balaban J connectivity index is 2.37. The molecule has 78 valence electrons. The van der Waals surface area contributed by atoms with Crippen LogP contribution in [0.3, 0.4) is 0 Å². The van der Waals surface area contributed by atoms with Crippen LogP contribution < -0.4 is 0 Å². The number of hydrogen-bond acceptors (Lipinski definition) is 0. The first-order valence-electron chi connectivity index (χ1n) is 5.79. The number of unbranched alkanes of at least 4 members (excludes halogenated alkanes) is 1. The van der Waals surface area contributed by atoms with E-state index < -0.39 is 0 Å². The summed E-state index contributed by atoms with van der Waals surface area (Å²) in [4.78, 5) is 0. The summed E-state index contributed by atoms with van der Waals surface area (Å²) in [6, 6.07) is 12.6. The fourth-order valence-electron chi connectivity index (χ4n) is 1.91. The van der Waals surface area contributed by atoms with Crippen LogP contribution in [0.4, 0.5) is 0 Å². The molecule has 0 fully saturated rings. The monoisotopic (exact) mass is 207 g/mol. The molecule has 0 heterocycles. The van der Waals surface area contributed by atoms with Crippen molar-refractivity contribution in [1.82, 2.24) is 0 Å². The van der Waals surface area contributed by atoms with E-state index in [2.05, 4.69) is 37.1 Å². The Kier molecular flexibility index (Phi) is 3.44. The summed E-state index contributed by atoms with van der Waals surface area (Å²) in [5.74, 6) is 2.42. The number of hydrogen-bond donors (Lipinski definition) is 0. The Hall–Kier alpha value is -1.52. The minimum absolute atomic E-state index is 0.841. The molecule has 0 spiro atoms. The molecule has 0 heteroatoms. The molecule has 0 nitrogen and oxygen atoms in total. The third kappa shape index (κ3) is 2.35. The molecule has 16 heavy (non-hydrogen) atoms. The van der Waals surface area contributed by atoms with Crippen LogP contribution >= 0.6 is 0 Å². The van der Waals surface area contributed by atoms with E-state index in [9.17, 15) is 0 Å². The number of benzene rings is 2. The topological polar surface area (TPSA) is 0 Å². The zero-order valence-corrected chi connectivity index (χ0v) is 9.59. The van der Waals surface area contributed by atoms with Crippen LogP contribution in [0, 0.1) is 12.3 Å². The molecule has 0 bridgehead atoms. The summed E-state index contributed by atoms with van der Waals surface area (Å²) < 4.78 is 0. The summed E-state index contributed by atoms with van der Waals surface area (Å²) in [5, 5.41) is 2.45. The maximum absolute atomic E-state index is 7.10. The van der Waals surface area contributed by atoms with Gasteiger partial charge in [0.25, 0.3) is 0 Å². The third-order valence-corrected chi connectivity index (χ3v) is 2.87. The van der Waals surface area contributed by atoms with E-state index in [1.165, 1.54) is 29.2 Å². The van der Waals surface area contributed by atoms with Gasteiger partial charge in [0.05, 0.1) is 0 Å². The zero-order chi connectivity index (χ0) is 11.4. The Morgan fingerprint density at radius 1 is 1.06 bits per heavy atom. The summed E-state index contributed by atoms with van der Waals surface area (Å²) in [7, 11) is 0. The molecule has 0 saturated carbocycles. The predicted octanol–water partition coefficient (Wildman–Crippen LogP) is 4.12. The fraction of sp³-hybridized carbons (Fsp3) is 0.250. The van der Waals surface area contributed by atoms with Crippen LogP contribution in [0.15, 0.2) is 36.4 Å². The number of aryl methyl sites for hydroxylation is 1. The average Bonchev–Trinajstić information content (AvgIpc) is 2.35. The van der Waals surface area contributed by atoms with Gasteiger partial charge in [0.2, 0.25) is 0 Å². The molecule has 0 atom stereocenters. The zero-order valence-electron chi connectivity index (χ0n) is 9.59. The van der Waals surface area contributed by atoms with Gasteiger partial charge in [-0.15, -0.1) is 0 Å². The van der Waals surface area contributed by atoms with Crippen LogP contribution in [-0.2, 0) is 6.42 Å². The Labute approximate surface area is 97.3 Å². The molecule has 2 rings (SSSR count). The molecule has 2 aromatic rings. The predicted molar refractivity (Wildman–Crippen MR) is 68.8 cm³/mol. The SMILES string of the molecule is [C+]#Cc1ccc2cc(CCCC)ccc2c1. The third-order valence-electron chi connectivity index (χ3n) is 2.87. The first-order chi connectivity index (χ1) is 7.83. The molecule has 0 radical (unpaired) electrons. The molecular weight excluding hydrogens is 192 g/mol. The van der Waals surface area contributed by atoms with Crippen molar-refractivity contribution < 1.29 is 0 Å². The first-order valence-corrected chi connectivity index (χ1v) is 5.79. The van der Waals surface area contributed by atoms with Crippen molar-refractivity contribution in [1.29, 1.82) is 0 Å². The van der Waals surface area contributed by atoms with Crippen molar-refractivity contribution in [3.63, 3.8) is 0 Å². The van der Waals surface area contributed by atoms with Gasteiger partial charge >= 0.3 is 96.8 Å². The molecule has 0 aliphatic rings. The van der Waals surface area contributed by atoms with E-state index >= 15 is 0 Å². The van der Waals surface area contributed by atoms with E-state index in [1.807, 2.05) is 12.1 Å². The average molecular weight is 207 g/mol. The number of fused-ring (bicyclic) bond motifs is 1. The molecule has 0 saturated heterocycles. The molecule has 2 aromatic carbocycles. The van der Waals surface area contributed by atoms with Gasteiger partial charge in [-0.1, -0.05) is 0 Å². The molecule has 0 aliphatic carbocycles. The van der Waals surface area contributed by atoms with Gasteiger partial charge in [-0.3, -0.25) is 0 Å². The van der Waals surface area contributed by atoms with Crippen LogP contribution in [-0.4, -0.2) is 0 Å². The molecular formula is C16H15+. The van der Waals surface area contributed by atoms with Crippen LogP contribution in [0.1, 0.15) is 30.9 Å². The summed E-state index contributed by atoms with van der Waals surface area (Å²) in [6.07, 6.45) is 10.7. The van der Waals surface area contributed by atoms with Crippen molar-refractivity contribution in [3.8, 4) is 5.92 Å². The summed E-state index contributed by atoms with van der Waals surface area (Å²) in [5.41, 5.74) is 2.25. The second-order valence-electron chi connectivity index (χ2n) is 4.12. The molecule has 0 amide bonds. The standard InChI is InChI=1S/C16H15/c1-3-5-6-14-8-10-15-11-13(4-2)7-9-16(15)12-14/h7-12H,3,5-6H2,1H3/q+1. The van der Waals surface area contributed by atoms with Crippen LogP contribution in [0.2, 0.25) is 0 Å². The molecule has 0 unspecified atom stereocenters. The van der Waals surface area contributed by atoms with Crippen molar-refractivity contribution in [2.24, 2.45) is 0 Å². The van der Waals surface area contributed by atoms with Crippen LogP contribution in [0.25, 0.3) is 10.8 Å². The van der Waals surface area contributed by atoms with E-state index in [0.717, 1.165) is 12.0 Å². The maximum atomic E-state index is 7.10. The van der Waals surface area contributed by atoms with Gasteiger partial charge in [0, 0.05) is 0 Å².